The van der Waals surface area contributed by atoms with Gasteiger partial charge >= 0.3 is 0 Å². The molecule has 64 heavy (non-hydrogen) atoms. The molecule has 0 aliphatic heterocycles. The average molecular weight is 867 g/mol. The lowest BCUT2D eigenvalue weighted by atomic mass is 9.82. The molecule has 9 aromatic carbocycles. The van der Waals surface area contributed by atoms with E-state index in [0.717, 1.165) is 0 Å². The summed E-state index contributed by atoms with van der Waals surface area (Å²) in [6.07, 6.45) is 0. The van der Waals surface area contributed by atoms with Crippen LogP contribution in [-0.4, -0.2) is 16.1 Å². The number of aryl methyl sites for hydroxylation is 2. The standard InChI is InChI=1S/C62H66Si2/c1-39(2)63(11,40(3)4)49-29-33-51(43(9)35-49)61-57-31-27-48(56-26-18-22-46-20-14-16-24-54(46)56)38-60(57)62(52-34-30-50(36-44(52)10)64(12,41(5)6)42(7)8)58-32-28-47(37-59(58)61)55-25-17-21-45-19-13-15-23-53(45)55/h13-42H,1-12H3/q-1. The zero-order chi connectivity index (χ0) is 45.2. The van der Waals surface area contributed by atoms with E-state index in [1.54, 1.807) is 10.4 Å². The van der Waals surface area contributed by atoms with Crippen LogP contribution in [-0.2, 0) is 0 Å². The topological polar surface area (TPSA) is 0 Å². The lowest BCUT2D eigenvalue weighted by Crippen LogP contribution is -2.50. The van der Waals surface area contributed by atoms with Crippen molar-refractivity contribution < 1.29 is 0 Å². The first kappa shape index (κ1) is 43.7. The van der Waals surface area contributed by atoms with Gasteiger partial charge in [0, 0.05) is 0 Å². The van der Waals surface area contributed by atoms with Crippen molar-refractivity contribution in [2.75, 3.05) is 0 Å². The van der Waals surface area contributed by atoms with Gasteiger partial charge in [-0.2, -0.15) is 11.7 Å². The Hall–Kier alpha value is -5.55. The van der Waals surface area contributed by atoms with Crippen molar-refractivity contribution in [1.29, 1.82) is 0 Å². The molecule has 9 rings (SSSR count). The predicted octanol–water partition coefficient (Wildman–Crippen LogP) is 17.8. The average Bonchev–Trinajstić information content (AvgIpc) is 3.29. The fourth-order valence-electron chi connectivity index (χ4n) is 11.3. The highest BCUT2D eigenvalue weighted by Gasteiger charge is 2.37. The Kier molecular flexibility index (Phi) is 11.5. The number of fused-ring (bicyclic) bond motifs is 4. The molecule has 9 aromatic rings. The Balaban J connectivity index is 1.42. The fourth-order valence-corrected chi connectivity index (χ4v) is 18.6. The van der Waals surface area contributed by atoms with Crippen molar-refractivity contribution in [2.24, 2.45) is 0 Å². The van der Waals surface area contributed by atoms with E-state index in [4.69, 9.17) is 0 Å². The van der Waals surface area contributed by atoms with E-state index in [0.29, 0.717) is 22.2 Å². The van der Waals surface area contributed by atoms with E-state index in [9.17, 15) is 0 Å². The van der Waals surface area contributed by atoms with Gasteiger partial charge in [-0.1, -0.05) is 213 Å². The highest BCUT2D eigenvalue weighted by atomic mass is 28.3. The van der Waals surface area contributed by atoms with Crippen LogP contribution in [0.2, 0.25) is 35.3 Å². The van der Waals surface area contributed by atoms with Crippen molar-refractivity contribution >= 4 is 69.6 Å². The monoisotopic (exact) mass is 866 g/mol. The molecule has 0 spiro atoms. The van der Waals surface area contributed by atoms with Crippen LogP contribution in [0.15, 0.2) is 158 Å². The highest BCUT2D eigenvalue weighted by molar-refractivity contribution is 6.93. The molecule has 0 bridgehead atoms. The number of hydrogen-bond acceptors (Lipinski definition) is 0. The predicted molar refractivity (Wildman–Crippen MR) is 291 cm³/mol. The van der Waals surface area contributed by atoms with Gasteiger partial charge in [-0.3, -0.25) is 0 Å². The molecular weight excluding hydrogens is 801 g/mol. The highest BCUT2D eigenvalue weighted by Crippen LogP contribution is 2.48. The van der Waals surface area contributed by atoms with Gasteiger partial charge < -0.3 is 0 Å². The lowest BCUT2D eigenvalue weighted by molar-refractivity contribution is 0.917. The fraction of sp³-hybridized carbons (Fsp3) is 0.258. The quantitative estimate of drug-likeness (QED) is 0.0949. The summed E-state index contributed by atoms with van der Waals surface area (Å²) in [4.78, 5) is 0. The van der Waals surface area contributed by atoms with Crippen LogP contribution >= 0.6 is 0 Å². The Morgan fingerprint density at radius 2 is 0.828 bits per heavy atom. The second-order valence-electron chi connectivity index (χ2n) is 20.6. The van der Waals surface area contributed by atoms with E-state index < -0.39 is 16.1 Å². The van der Waals surface area contributed by atoms with Crippen molar-refractivity contribution in [3.8, 4) is 44.5 Å². The Morgan fingerprint density at radius 1 is 0.391 bits per heavy atom. The largest absolute Gasteiger partial charge is 0.184 e. The van der Waals surface area contributed by atoms with Crippen LogP contribution in [0, 0.1) is 13.8 Å². The summed E-state index contributed by atoms with van der Waals surface area (Å²) in [7, 11) is -3.56. The smallest absolute Gasteiger partial charge is 0.0887 e. The molecule has 0 atom stereocenters. The summed E-state index contributed by atoms with van der Waals surface area (Å²) in [6, 6.07) is 61.0. The summed E-state index contributed by atoms with van der Waals surface area (Å²) in [5.74, 6) is 0. The Morgan fingerprint density at radius 3 is 1.27 bits per heavy atom. The van der Waals surface area contributed by atoms with Crippen LogP contribution in [0.5, 0.6) is 0 Å². The Labute approximate surface area is 385 Å². The first-order valence-electron chi connectivity index (χ1n) is 23.9. The van der Waals surface area contributed by atoms with Gasteiger partial charge in [0.25, 0.3) is 0 Å². The summed E-state index contributed by atoms with van der Waals surface area (Å²) in [6.45, 7) is 29.5. The van der Waals surface area contributed by atoms with E-state index >= 15 is 0 Å². The summed E-state index contributed by atoms with van der Waals surface area (Å²) < 4.78 is 0. The number of hydrogen-bond donors (Lipinski definition) is 0. The molecule has 0 saturated carbocycles. The van der Waals surface area contributed by atoms with Crippen LogP contribution in [0.3, 0.4) is 0 Å². The van der Waals surface area contributed by atoms with Gasteiger partial charge in [0.15, 0.2) is 0 Å². The maximum absolute atomic E-state index is 2.60. The zero-order valence-electron chi connectivity index (χ0n) is 40.3. The van der Waals surface area contributed by atoms with Gasteiger partial charge in [0.05, 0.1) is 8.07 Å². The molecule has 0 nitrogen and oxygen atoms in total. The van der Waals surface area contributed by atoms with Crippen molar-refractivity contribution in [2.45, 2.75) is 104 Å². The van der Waals surface area contributed by atoms with Gasteiger partial charge in [0.2, 0.25) is 0 Å². The molecule has 0 heterocycles. The van der Waals surface area contributed by atoms with Crippen LogP contribution in [0.25, 0.3) is 87.6 Å². The molecule has 0 aliphatic rings. The minimum Gasteiger partial charge on any atom is -0.184 e. The van der Waals surface area contributed by atoms with Gasteiger partial charge in [-0.25, -0.2) is 0 Å². The van der Waals surface area contributed by atoms with Gasteiger partial charge in [-0.15, -0.1) is 19.2 Å². The SMILES string of the molecule is Cc1cc([Si](C)(C(C)C)C(C)C)ccc1-c1c2ccc(-c3cccc4ccccc34)cc2c(-c2ccc([Si-](C)(C(C)C)C(C)C)cc2C)c2ccc(-c3cccc4ccccc34)cc12. The first-order valence-corrected chi connectivity index (χ1v) is 29.2. The van der Waals surface area contributed by atoms with E-state index in [1.165, 1.54) is 98.7 Å². The third kappa shape index (κ3) is 7.09. The number of rotatable bonds is 10. The van der Waals surface area contributed by atoms with Crippen molar-refractivity contribution in [1.82, 2.24) is 0 Å². The molecule has 0 amide bonds. The summed E-state index contributed by atoms with van der Waals surface area (Å²) in [5, 5.41) is 13.4. The molecule has 0 unspecified atom stereocenters. The van der Waals surface area contributed by atoms with Crippen LogP contribution < -0.4 is 10.4 Å². The van der Waals surface area contributed by atoms with E-state index in [2.05, 4.69) is 240 Å². The first-order chi connectivity index (χ1) is 30.6. The molecule has 323 valence electrons. The molecule has 0 fully saturated rings. The molecule has 0 radical (unpaired) electrons. The number of benzene rings is 9. The van der Waals surface area contributed by atoms with Crippen molar-refractivity contribution in [3.05, 3.63) is 169 Å². The van der Waals surface area contributed by atoms with Crippen LogP contribution in [0.1, 0.15) is 66.5 Å². The summed E-state index contributed by atoms with van der Waals surface area (Å²) in [5.41, 5.74) is 15.6. The van der Waals surface area contributed by atoms with Gasteiger partial charge in [-0.05, 0) is 136 Å². The molecule has 0 saturated heterocycles. The second kappa shape index (κ2) is 16.8. The molecule has 0 aliphatic carbocycles. The maximum atomic E-state index is 2.60. The third-order valence-electron chi connectivity index (χ3n) is 16.4. The minimum absolute atomic E-state index is 0.644. The minimum atomic E-state index is -1.78. The van der Waals surface area contributed by atoms with Crippen LogP contribution in [0.4, 0.5) is 0 Å². The molecule has 0 N–H and O–H groups in total. The second-order valence-corrected chi connectivity index (χ2v) is 31.5. The van der Waals surface area contributed by atoms with E-state index in [1.807, 2.05) is 0 Å². The molecular formula is C62H66Si2-. The lowest BCUT2D eigenvalue weighted by Gasteiger charge is -2.49. The summed E-state index contributed by atoms with van der Waals surface area (Å²) >= 11 is 0. The molecule has 2 heteroatoms. The Bertz CT molecular complexity index is 2990. The maximum Gasteiger partial charge on any atom is 0.0887 e. The van der Waals surface area contributed by atoms with Crippen molar-refractivity contribution in [3.63, 3.8) is 0 Å². The molecule has 0 aromatic heterocycles. The zero-order valence-corrected chi connectivity index (χ0v) is 42.3. The van der Waals surface area contributed by atoms with E-state index in [-0.39, 0.29) is 0 Å². The third-order valence-corrected chi connectivity index (χ3v) is 29.1. The normalized spacial score (nSPS) is 12.6. The van der Waals surface area contributed by atoms with Gasteiger partial charge in [0.1, 0.15) is 0 Å².